The van der Waals surface area contributed by atoms with Crippen LogP contribution >= 0.6 is 0 Å². The third-order valence-corrected chi connectivity index (χ3v) is 5.95. The summed E-state index contributed by atoms with van der Waals surface area (Å²) in [4.78, 5) is 11.7. The monoisotopic (exact) mass is 406 g/mol. The maximum absolute atomic E-state index is 11.7. The van der Waals surface area contributed by atoms with Crippen molar-refractivity contribution in [2.75, 3.05) is 13.2 Å². The van der Waals surface area contributed by atoms with E-state index in [-0.39, 0.29) is 18.2 Å². The van der Waals surface area contributed by atoms with E-state index in [4.69, 9.17) is 18.9 Å². The second-order valence-electron chi connectivity index (χ2n) is 7.91. The summed E-state index contributed by atoms with van der Waals surface area (Å²) < 4.78 is 25.6. The summed E-state index contributed by atoms with van der Waals surface area (Å²) in [5.74, 6) is 0.778. The van der Waals surface area contributed by atoms with Crippen molar-refractivity contribution >= 4 is 17.0 Å². The molecule has 3 aromatic rings. The van der Waals surface area contributed by atoms with Gasteiger partial charge >= 0.3 is 6.09 Å². The number of carbonyl (C=O) groups excluding carboxylic acids is 1. The van der Waals surface area contributed by atoms with Gasteiger partial charge in [0.25, 0.3) is 0 Å². The van der Waals surface area contributed by atoms with E-state index >= 15 is 0 Å². The van der Waals surface area contributed by atoms with Gasteiger partial charge in [0, 0.05) is 17.5 Å². The van der Waals surface area contributed by atoms with E-state index < -0.39 is 6.29 Å². The van der Waals surface area contributed by atoms with Crippen LogP contribution in [-0.2, 0) is 27.4 Å². The number of rotatable bonds is 4. The Labute approximate surface area is 173 Å². The van der Waals surface area contributed by atoms with Crippen molar-refractivity contribution in [1.29, 1.82) is 0 Å². The molecule has 2 saturated heterocycles. The van der Waals surface area contributed by atoms with Crippen molar-refractivity contribution < 1.29 is 23.7 Å². The topological polar surface area (TPSA) is 71.0 Å². The highest BCUT2D eigenvalue weighted by Gasteiger charge is 2.43. The van der Waals surface area contributed by atoms with Crippen LogP contribution in [0.5, 0.6) is 5.75 Å². The fourth-order valence-electron chi connectivity index (χ4n) is 4.54. The molecule has 154 valence electrons. The number of benzene rings is 2. The molecule has 0 saturated carbocycles. The zero-order chi connectivity index (χ0) is 20.1. The van der Waals surface area contributed by atoms with Crippen LogP contribution in [0.15, 0.2) is 48.5 Å². The minimum atomic E-state index is -0.398. The minimum Gasteiger partial charge on any atom is -0.488 e. The van der Waals surface area contributed by atoms with Gasteiger partial charge in [-0.3, -0.25) is 0 Å². The number of ether oxygens (including phenoxy) is 4. The zero-order valence-electron chi connectivity index (χ0n) is 16.4. The predicted molar refractivity (Wildman–Crippen MR) is 108 cm³/mol. The zero-order valence-corrected chi connectivity index (χ0v) is 16.4. The molecule has 1 amide bonds. The molecule has 3 aliphatic heterocycles. The molecule has 0 radical (unpaired) electrons. The van der Waals surface area contributed by atoms with Crippen molar-refractivity contribution in [2.45, 2.75) is 38.0 Å². The SMILES string of the molecule is O=C1N[C@H]2Cn3c(cc4c(OCc5ccccc5)cc(C5OCCCO5)cc43)[C@H]2O1. The molecule has 1 N–H and O–H groups in total. The van der Waals surface area contributed by atoms with Gasteiger partial charge in [-0.05, 0) is 30.2 Å². The molecule has 0 aliphatic carbocycles. The van der Waals surface area contributed by atoms with Crippen molar-refractivity contribution in [3.8, 4) is 5.75 Å². The number of hydrogen-bond donors (Lipinski definition) is 1. The number of fused-ring (bicyclic) bond motifs is 5. The third-order valence-electron chi connectivity index (χ3n) is 5.95. The Kier molecular flexibility index (Phi) is 4.17. The van der Waals surface area contributed by atoms with Crippen molar-refractivity contribution in [3.63, 3.8) is 0 Å². The molecule has 2 fully saturated rings. The van der Waals surface area contributed by atoms with E-state index in [0.717, 1.165) is 39.9 Å². The Bertz CT molecular complexity index is 1100. The van der Waals surface area contributed by atoms with Crippen LogP contribution in [-0.4, -0.2) is 29.9 Å². The maximum Gasteiger partial charge on any atom is 0.408 e. The first-order valence-corrected chi connectivity index (χ1v) is 10.3. The van der Waals surface area contributed by atoms with E-state index in [0.29, 0.717) is 26.4 Å². The Hall–Kier alpha value is -3.03. The van der Waals surface area contributed by atoms with Crippen LogP contribution in [0.1, 0.15) is 35.6 Å². The van der Waals surface area contributed by atoms with E-state index in [9.17, 15) is 4.79 Å². The number of aromatic nitrogens is 1. The largest absolute Gasteiger partial charge is 0.488 e. The lowest BCUT2D eigenvalue weighted by Gasteiger charge is -2.24. The summed E-state index contributed by atoms with van der Waals surface area (Å²) in [7, 11) is 0. The quantitative estimate of drug-likeness (QED) is 0.713. The van der Waals surface area contributed by atoms with Crippen LogP contribution in [0.3, 0.4) is 0 Å². The highest BCUT2D eigenvalue weighted by molar-refractivity contribution is 5.89. The average molecular weight is 406 g/mol. The molecule has 0 bridgehead atoms. The predicted octanol–water partition coefficient (Wildman–Crippen LogP) is 3.82. The van der Waals surface area contributed by atoms with Crippen LogP contribution in [0.2, 0.25) is 0 Å². The summed E-state index contributed by atoms with van der Waals surface area (Å²) in [5, 5.41) is 3.89. The van der Waals surface area contributed by atoms with Crippen molar-refractivity contribution in [3.05, 3.63) is 65.4 Å². The lowest BCUT2D eigenvalue weighted by atomic mass is 10.1. The standard InChI is InChI=1S/C23H22N2O5/c26-23-24-17-12-25-18-9-15(22-27-7-4-8-28-22)10-20(16(18)11-19(25)21(17)30-23)29-13-14-5-2-1-3-6-14/h1-3,5-6,9-11,17,21-22H,4,7-8,12-13H2,(H,24,26)/t17-,21-/m0/s1. The number of nitrogens with zero attached hydrogens (tertiary/aromatic N) is 1. The van der Waals surface area contributed by atoms with E-state index in [1.807, 2.05) is 36.4 Å². The lowest BCUT2D eigenvalue weighted by molar-refractivity contribution is -0.183. The number of nitrogens with one attached hydrogen (secondary N) is 1. The van der Waals surface area contributed by atoms with Gasteiger partial charge in [0.2, 0.25) is 0 Å². The van der Waals surface area contributed by atoms with Gasteiger partial charge in [-0.15, -0.1) is 0 Å². The molecule has 2 atom stereocenters. The van der Waals surface area contributed by atoms with Crippen molar-refractivity contribution in [1.82, 2.24) is 9.88 Å². The summed E-state index contributed by atoms with van der Waals surface area (Å²) in [5.41, 5.74) is 4.06. The highest BCUT2D eigenvalue weighted by atomic mass is 16.7. The highest BCUT2D eigenvalue weighted by Crippen LogP contribution is 2.42. The number of carbonyl (C=O) groups is 1. The first-order chi connectivity index (χ1) is 14.8. The normalized spacial score (nSPS) is 23.1. The summed E-state index contributed by atoms with van der Waals surface area (Å²) >= 11 is 0. The maximum atomic E-state index is 11.7. The van der Waals surface area contributed by atoms with Gasteiger partial charge in [-0.1, -0.05) is 30.3 Å². The molecule has 4 heterocycles. The summed E-state index contributed by atoms with van der Waals surface area (Å²) in [6, 6.07) is 16.2. The van der Waals surface area contributed by atoms with Gasteiger partial charge in [0.15, 0.2) is 12.4 Å². The molecule has 0 spiro atoms. The van der Waals surface area contributed by atoms with E-state index in [1.54, 1.807) is 0 Å². The van der Waals surface area contributed by atoms with Crippen LogP contribution < -0.4 is 10.1 Å². The molecule has 6 rings (SSSR count). The minimum absolute atomic E-state index is 0.0311. The molecular weight excluding hydrogens is 384 g/mol. The molecule has 0 unspecified atom stereocenters. The fraction of sp³-hybridized carbons (Fsp3) is 0.348. The van der Waals surface area contributed by atoms with Gasteiger partial charge < -0.3 is 28.8 Å². The van der Waals surface area contributed by atoms with Crippen LogP contribution in [0.25, 0.3) is 10.9 Å². The second-order valence-corrected chi connectivity index (χ2v) is 7.91. The molecule has 30 heavy (non-hydrogen) atoms. The van der Waals surface area contributed by atoms with Crippen LogP contribution in [0.4, 0.5) is 4.79 Å². The summed E-state index contributed by atoms with van der Waals surface area (Å²) in [6.07, 6.45) is -0.119. The number of alkyl carbamates (subject to hydrolysis) is 1. The van der Waals surface area contributed by atoms with Crippen molar-refractivity contribution in [2.24, 2.45) is 0 Å². The van der Waals surface area contributed by atoms with Gasteiger partial charge in [0.05, 0.1) is 30.5 Å². The fourth-order valence-corrected chi connectivity index (χ4v) is 4.54. The van der Waals surface area contributed by atoms with E-state index in [2.05, 4.69) is 22.0 Å². The molecule has 7 nitrogen and oxygen atoms in total. The Morgan fingerprint density at radius 3 is 2.77 bits per heavy atom. The van der Waals surface area contributed by atoms with Gasteiger partial charge in [0.1, 0.15) is 12.4 Å². The third kappa shape index (κ3) is 2.93. The second kappa shape index (κ2) is 7.04. The molecule has 1 aromatic heterocycles. The molecule has 7 heteroatoms. The lowest BCUT2D eigenvalue weighted by Crippen LogP contribution is -2.27. The van der Waals surface area contributed by atoms with E-state index in [1.165, 1.54) is 0 Å². The Balaban J connectivity index is 1.41. The smallest absolute Gasteiger partial charge is 0.408 e. The number of amides is 1. The average Bonchev–Trinajstić information content (AvgIpc) is 3.42. The Morgan fingerprint density at radius 1 is 1.10 bits per heavy atom. The first-order valence-electron chi connectivity index (χ1n) is 10.3. The number of hydrogen-bond acceptors (Lipinski definition) is 5. The van der Waals surface area contributed by atoms with Crippen LogP contribution in [0, 0.1) is 0 Å². The Morgan fingerprint density at radius 2 is 1.93 bits per heavy atom. The van der Waals surface area contributed by atoms with Gasteiger partial charge in [-0.25, -0.2) is 4.79 Å². The van der Waals surface area contributed by atoms with Gasteiger partial charge in [-0.2, -0.15) is 0 Å². The first kappa shape index (κ1) is 17.8. The summed E-state index contributed by atoms with van der Waals surface area (Å²) in [6.45, 7) is 2.50. The molecule has 2 aromatic carbocycles. The molecular formula is C23H22N2O5. The molecule has 3 aliphatic rings.